The molecule has 2 amide bonds. The molecule has 2 aromatic carbocycles. The molecular weight excluding hydrogens is 363 g/mol. The van der Waals surface area contributed by atoms with Crippen molar-refractivity contribution in [1.82, 2.24) is 5.32 Å². The standard InChI is InChI=1S/C18H16ClFN2O4/c19-13-8-12(9-14(20)10-13)11-21-17(24)26-18(25)6-7-22(16(18)23)15-4-2-1-3-5-15/h1-5,8-10,25H,6-7,11H2,(H,21,24)/t18-/m1/s1. The van der Waals surface area contributed by atoms with Crippen LogP contribution in [0.4, 0.5) is 14.9 Å². The van der Waals surface area contributed by atoms with Gasteiger partial charge in [-0.1, -0.05) is 29.8 Å². The fraction of sp³-hybridized carbons (Fsp3) is 0.222. The Bertz CT molecular complexity index is 813. The zero-order valence-corrected chi connectivity index (χ0v) is 14.4. The van der Waals surface area contributed by atoms with E-state index in [1.807, 2.05) is 0 Å². The number of anilines is 1. The van der Waals surface area contributed by atoms with Crippen LogP contribution in [0.1, 0.15) is 12.0 Å². The molecule has 2 N–H and O–H groups in total. The minimum atomic E-state index is -2.24. The first-order chi connectivity index (χ1) is 12.4. The monoisotopic (exact) mass is 378 g/mol. The third-order valence-corrected chi connectivity index (χ3v) is 4.16. The SMILES string of the molecule is O=C(NCc1cc(F)cc(Cl)c1)O[C@]1(O)CCN(c2ccccc2)C1=O. The van der Waals surface area contributed by atoms with Gasteiger partial charge in [-0.05, 0) is 35.9 Å². The van der Waals surface area contributed by atoms with Crippen LogP contribution in [-0.2, 0) is 16.1 Å². The molecule has 3 rings (SSSR count). The average molecular weight is 379 g/mol. The van der Waals surface area contributed by atoms with E-state index < -0.39 is 23.6 Å². The van der Waals surface area contributed by atoms with Crippen molar-refractivity contribution in [3.05, 3.63) is 64.9 Å². The molecule has 0 unspecified atom stereocenters. The van der Waals surface area contributed by atoms with Gasteiger partial charge in [0, 0.05) is 30.2 Å². The number of para-hydroxylation sites is 1. The average Bonchev–Trinajstić information content (AvgIpc) is 2.88. The molecule has 2 aromatic rings. The zero-order valence-electron chi connectivity index (χ0n) is 13.6. The topological polar surface area (TPSA) is 78.9 Å². The number of rotatable bonds is 4. The number of nitrogens with zero attached hydrogens (tertiary/aromatic N) is 1. The first-order valence-corrected chi connectivity index (χ1v) is 8.26. The number of aliphatic hydroxyl groups is 1. The summed E-state index contributed by atoms with van der Waals surface area (Å²) in [4.78, 5) is 25.7. The van der Waals surface area contributed by atoms with Crippen LogP contribution in [0.25, 0.3) is 0 Å². The van der Waals surface area contributed by atoms with Gasteiger partial charge in [0.25, 0.3) is 11.7 Å². The number of alkyl carbamates (subject to hydrolysis) is 1. The Morgan fingerprint density at radius 1 is 1.31 bits per heavy atom. The Hall–Kier alpha value is -2.64. The summed E-state index contributed by atoms with van der Waals surface area (Å²) < 4.78 is 18.2. The van der Waals surface area contributed by atoms with Gasteiger partial charge in [0.15, 0.2) is 0 Å². The van der Waals surface area contributed by atoms with Crippen molar-refractivity contribution in [2.45, 2.75) is 18.8 Å². The lowest BCUT2D eigenvalue weighted by molar-refractivity contribution is -0.175. The third kappa shape index (κ3) is 3.95. The van der Waals surface area contributed by atoms with E-state index >= 15 is 0 Å². The number of benzene rings is 2. The summed E-state index contributed by atoms with van der Waals surface area (Å²) in [6.07, 6.45) is -1.05. The number of carbonyl (C=O) groups excluding carboxylic acids is 2. The maximum absolute atomic E-state index is 13.3. The molecule has 1 saturated heterocycles. The van der Waals surface area contributed by atoms with Crippen LogP contribution < -0.4 is 10.2 Å². The van der Waals surface area contributed by atoms with E-state index in [0.717, 1.165) is 6.07 Å². The van der Waals surface area contributed by atoms with Gasteiger partial charge in [0.2, 0.25) is 0 Å². The molecule has 0 spiro atoms. The number of amides is 2. The van der Waals surface area contributed by atoms with Gasteiger partial charge in [-0.3, -0.25) is 4.79 Å². The van der Waals surface area contributed by atoms with E-state index in [-0.39, 0.29) is 24.5 Å². The van der Waals surface area contributed by atoms with Crippen LogP contribution in [-0.4, -0.2) is 29.4 Å². The maximum Gasteiger partial charge on any atom is 0.410 e. The molecule has 1 aliphatic rings. The molecule has 1 fully saturated rings. The molecule has 136 valence electrons. The fourth-order valence-corrected chi connectivity index (χ4v) is 2.95. The summed E-state index contributed by atoms with van der Waals surface area (Å²) in [5.41, 5.74) is 1.02. The maximum atomic E-state index is 13.3. The van der Waals surface area contributed by atoms with Crippen molar-refractivity contribution in [1.29, 1.82) is 0 Å². The highest BCUT2D eigenvalue weighted by atomic mass is 35.5. The van der Waals surface area contributed by atoms with Crippen LogP contribution in [0.2, 0.25) is 5.02 Å². The Morgan fingerprint density at radius 3 is 2.73 bits per heavy atom. The summed E-state index contributed by atoms with van der Waals surface area (Å²) in [5, 5.41) is 12.9. The van der Waals surface area contributed by atoms with E-state index in [1.165, 1.54) is 17.0 Å². The van der Waals surface area contributed by atoms with Crippen molar-refractivity contribution < 1.29 is 23.8 Å². The van der Waals surface area contributed by atoms with Gasteiger partial charge in [0.05, 0.1) is 0 Å². The van der Waals surface area contributed by atoms with Crippen molar-refractivity contribution in [3.8, 4) is 0 Å². The highest BCUT2D eigenvalue weighted by Crippen LogP contribution is 2.29. The van der Waals surface area contributed by atoms with Crippen LogP contribution in [0.5, 0.6) is 0 Å². The van der Waals surface area contributed by atoms with Crippen LogP contribution >= 0.6 is 11.6 Å². The van der Waals surface area contributed by atoms with Gasteiger partial charge in [0.1, 0.15) is 5.82 Å². The second-order valence-electron chi connectivity index (χ2n) is 5.85. The number of hydrogen-bond acceptors (Lipinski definition) is 4. The number of hydrogen-bond donors (Lipinski definition) is 2. The second kappa shape index (κ2) is 7.31. The Balaban J connectivity index is 1.61. The molecule has 1 aliphatic heterocycles. The number of nitrogens with one attached hydrogen (secondary N) is 1. The Kier molecular flexibility index (Phi) is 5.11. The van der Waals surface area contributed by atoms with Gasteiger partial charge in [-0.15, -0.1) is 0 Å². The Morgan fingerprint density at radius 2 is 2.04 bits per heavy atom. The van der Waals surface area contributed by atoms with E-state index in [9.17, 15) is 19.1 Å². The zero-order chi connectivity index (χ0) is 18.7. The molecule has 0 bridgehead atoms. The molecule has 26 heavy (non-hydrogen) atoms. The normalized spacial score (nSPS) is 19.5. The van der Waals surface area contributed by atoms with Gasteiger partial charge >= 0.3 is 6.09 Å². The number of halogens is 2. The molecular formula is C18H16ClFN2O4. The van der Waals surface area contributed by atoms with Crippen LogP contribution in [0, 0.1) is 5.82 Å². The molecule has 6 nitrogen and oxygen atoms in total. The van der Waals surface area contributed by atoms with E-state index in [1.54, 1.807) is 30.3 Å². The highest BCUT2D eigenvalue weighted by Gasteiger charge is 2.49. The van der Waals surface area contributed by atoms with Gasteiger partial charge < -0.3 is 20.1 Å². The quantitative estimate of drug-likeness (QED) is 0.802. The fourth-order valence-electron chi connectivity index (χ4n) is 2.71. The summed E-state index contributed by atoms with van der Waals surface area (Å²) in [5.74, 6) is -3.49. The molecule has 0 radical (unpaired) electrons. The number of ether oxygens (including phenoxy) is 1. The molecule has 1 atom stereocenters. The molecule has 0 aliphatic carbocycles. The third-order valence-electron chi connectivity index (χ3n) is 3.94. The molecule has 0 aromatic heterocycles. The van der Waals surface area contributed by atoms with E-state index in [0.29, 0.717) is 11.3 Å². The lowest BCUT2D eigenvalue weighted by Crippen LogP contribution is -2.46. The van der Waals surface area contributed by atoms with Crippen LogP contribution in [0.15, 0.2) is 48.5 Å². The molecule has 0 saturated carbocycles. The van der Waals surface area contributed by atoms with Crippen molar-refractivity contribution >= 4 is 29.3 Å². The lowest BCUT2D eigenvalue weighted by Gasteiger charge is -2.22. The molecule has 8 heteroatoms. The first-order valence-electron chi connectivity index (χ1n) is 7.88. The van der Waals surface area contributed by atoms with Crippen molar-refractivity contribution in [2.24, 2.45) is 0 Å². The minimum Gasteiger partial charge on any atom is -0.407 e. The van der Waals surface area contributed by atoms with Crippen molar-refractivity contribution in [2.75, 3.05) is 11.4 Å². The first kappa shape index (κ1) is 18.2. The summed E-state index contributed by atoms with van der Waals surface area (Å²) in [6.45, 7) is 0.148. The predicted molar refractivity (Wildman–Crippen MR) is 93.1 cm³/mol. The number of carbonyl (C=O) groups is 2. The van der Waals surface area contributed by atoms with Gasteiger partial charge in [-0.25, -0.2) is 9.18 Å². The van der Waals surface area contributed by atoms with Crippen molar-refractivity contribution in [3.63, 3.8) is 0 Å². The van der Waals surface area contributed by atoms with Crippen LogP contribution in [0.3, 0.4) is 0 Å². The summed E-state index contributed by atoms with van der Waals surface area (Å²) in [7, 11) is 0. The Labute approximate surface area is 154 Å². The minimum absolute atomic E-state index is 0.0556. The predicted octanol–water partition coefficient (Wildman–Crippen LogP) is 2.83. The second-order valence-corrected chi connectivity index (χ2v) is 6.28. The smallest absolute Gasteiger partial charge is 0.407 e. The highest BCUT2D eigenvalue weighted by molar-refractivity contribution is 6.30. The van der Waals surface area contributed by atoms with E-state index in [4.69, 9.17) is 16.3 Å². The summed E-state index contributed by atoms with van der Waals surface area (Å²) >= 11 is 5.74. The lowest BCUT2D eigenvalue weighted by atomic mass is 10.2. The summed E-state index contributed by atoms with van der Waals surface area (Å²) in [6, 6.07) is 12.6. The largest absolute Gasteiger partial charge is 0.410 e. The molecule has 1 heterocycles. The van der Waals surface area contributed by atoms with Gasteiger partial charge in [-0.2, -0.15) is 0 Å². The van der Waals surface area contributed by atoms with E-state index in [2.05, 4.69) is 5.32 Å².